The van der Waals surface area contributed by atoms with Gasteiger partial charge < -0.3 is 0 Å². The summed E-state index contributed by atoms with van der Waals surface area (Å²) in [5.41, 5.74) is 6.45. The van der Waals surface area contributed by atoms with Crippen molar-refractivity contribution in [2.24, 2.45) is 0 Å². The molecule has 268 valence electrons. The summed E-state index contributed by atoms with van der Waals surface area (Å²) in [5, 5.41) is 8.25. The molecular weight excluding hydrogens is 713 g/mol. The van der Waals surface area contributed by atoms with Crippen molar-refractivity contribution in [3.05, 3.63) is 206 Å². The highest BCUT2D eigenvalue weighted by Gasteiger charge is 2.44. The van der Waals surface area contributed by atoms with Gasteiger partial charge in [0.1, 0.15) is 11.3 Å². The van der Waals surface area contributed by atoms with Gasteiger partial charge in [0.05, 0.1) is 33.5 Å². The maximum absolute atomic E-state index is 5.58. The van der Waals surface area contributed by atoms with Crippen LogP contribution in [0.15, 0.2) is 206 Å². The Labute approximate surface area is 330 Å². The third-order valence-corrected chi connectivity index (χ3v) is 15.7. The van der Waals surface area contributed by atoms with Gasteiger partial charge in [-0.3, -0.25) is 9.13 Å². The summed E-state index contributed by atoms with van der Waals surface area (Å²) in [6, 6.07) is 70.4. The molecular formula is C50H34N6Si. The third-order valence-electron chi connectivity index (χ3n) is 11.2. The normalized spacial score (nSPS) is 11.9. The van der Waals surface area contributed by atoms with Crippen molar-refractivity contribution in [3.63, 3.8) is 0 Å². The van der Waals surface area contributed by atoms with Crippen LogP contribution < -0.4 is 21.0 Å². The van der Waals surface area contributed by atoms with Crippen LogP contribution >= 0.6 is 0 Å². The summed E-state index contributed by atoms with van der Waals surface area (Å²) >= 11 is 0. The lowest BCUT2D eigenvalue weighted by molar-refractivity contribution is 0.949. The molecule has 57 heavy (non-hydrogen) atoms. The van der Waals surface area contributed by atoms with Gasteiger partial charge in [0.2, 0.25) is 14.0 Å². The van der Waals surface area contributed by atoms with Crippen LogP contribution in [0.1, 0.15) is 0 Å². The SMILES string of the molecule is c1ccc([Si](c2ccccc2)(c2ccccc2)c2nccc(-c3cc(-n4c5ccccc5c5ccccc54)nc(-n4c5ccccc5c5ccccc54)n3)n2)cc1. The molecule has 11 aromatic rings. The zero-order chi connectivity index (χ0) is 37.8. The topological polar surface area (TPSA) is 61.4 Å². The van der Waals surface area contributed by atoms with E-state index in [9.17, 15) is 0 Å². The summed E-state index contributed by atoms with van der Waals surface area (Å²) < 4.78 is 4.44. The minimum absolute atomic E-state index is 0.569. The van der Waals surface area contributed by atoms with Crippen molar-refractivity contribution in [2.45, 2.75) is 0 Å². The monoisotopic (exact) mass is 746 g/mol. The zero-order valence-corrected chi connectivity index (χ0v) is 31.8. The molecule has 0 aliphatic heterocycles. The van der Waals surface area contributed by atoms with Crippen molar-refractivity contribution in [2.75, 3.05) is 0 Å². The summed E-state index contributed by atoms with van der Waals surface area (Å²) in [7, 11) is -3.02. The molecule has 0 amide bonds. The first-order valence-corrected chi connectivity index (χ1v) is 21.2. The molecule has 0 fully saturated rings. The van der Waals surface area contributed by atoms with E-state index in [4.69, 9.17) is 19.9 Å². The molecule has 4 aromatic heterocycles. The second kappa shape index (κ2) is 13.4. The number of rotatable bonds is 7. The van der Waals surface area contributed by atoms with E-state index in [0.29, 0.717) is 11.6 Å². The first-order valence-electron chi connectivity index (χ1n) is 19.2. The molecule has 0 saturated heterocycles. The fourth-order valence-corrected chi connectivity index (χ4v) is 13.1. The molecule has 4 heterocycles. The fourth-order valence-electron chi connectivity index (χ4n) is 8.71. The summed E-state index contributed by atoms with van der Waals surface area (Å²) in [5.74, 6) is 1.33. The standard InChI is InChI=1S/C50H34N6Si/c1-4-18-35(19-5-1)57(36-20-6-2-7-21-36,37-22-8-3-9-23-37)50-51-33-32-42(53-50)43-34-48(55-44-28-14-10-24-38(44)39-25-11-15-29-45(39)55)54-49(52-43)56-46-30-16-12-26-40(46)41-27-13-17-31-47(41)56/h1-34H. The van der Waals surface area contributed by atoms with E-state index in [-0.39, 0.29) is 0 Å². The van der Waals surface area contributed by atoms with Crippen LogP contribution in [0, 0.1) is 0 Å². The Morgan fingerprint density at radius 2 is 0.754 bits per heavy atom. The van der Waals surface area contributed by atoms with E-state index >= 15 is 0 Å². The Hall–Kier alpha value is -7.48. The maximum atomic E-state index is 5.58. The van der Waals surface area contributed by atoms with Crippen LogP contribution in [-0.2, 0) is 0 Å². The number of benzene rings is 7. The fraction of sp³-hybridized carbons (Fsp3) is 0. The van der Waals surface area contributed by atoms with Crippen LogP contribution in [-0.4, -0.2) is 37.1 Å². The van der Waals surface area contributed by atoms with Crippen molar-refractivity contribution in [1.82, 2.24) is 29.1 Å². The van der Waals surface area contributed by atoms with Gasteiger partial charge in [0.25, 0.3) is 0 Å². The van der Waals surface area contributed by atoms with E-state index in [2.05, 4.69) is 203 Å². The Balaban J connectivity index is 1.22. The predicted molar refractivity (Wildman–Crippen MR) is 235 cm³/mol. The first-order chi connectivity index (χ1) is 28.3. The van der Waals surface area contributed by atoms with E-state index in [0.717, 1.165) is 49.8 Å². The van der Waals surface area contributed by atoms with Crippen LogP contribution in [0.5, 0.6) is 0 Å². The Morgan fingerprint density at radius 1 is 0.351 bits per heavy atom. The van der Waals surface area contributed by atoms with Gasteiger partial charge in [0, 0.05) is 33.8 Å². The average molecular weight is 747 g/mol. The Kier molecular flexibility index (Phi) is 7.72. The lowest BCUT2D eigenvalue weighted by Gasteiger charge is -2.32. The zero-order valence-electron chi connectivity index (χ0n) is 30.8. The smallest absolute Gasteiger partial charge is 0.237 e. The lowest BCUT2D eigenvalue weighted by Crippen LogP contribution is -2.76. The maximum Gasteiger partial charge on any atom is 0.237 e. The minimum Gasteiger partial charge on any atom is -0.294 e. The number of hydrogen-bond donors (Lipinski definition) is 0. The van der Waals surface area contributed by atoms with E-state index in [1.54, 1.807) is 0 Å². The Bertz CT molecular complexity index is 2910. The first kappa shape index (κ1) is 32.9. The van der Waals surface area contributed by atoms with Gasteiger partial charge in [-0.2, -0.15) is 4.98 Å². The van der Waals surface area contributed by atoms with E-state index in [1.807, 2.05) is 12.3 Å². The second-order valence-corrected chi connectivity index (χ2v) is 17.9. The molecule has 0 unspecified atom stereocenters. The molecule has 0 atom stereocenters. The number of nitrogens with zero attached hydrogens (tertiary/aromatic N) is 6. The molecule has 7 heteroatoms. The molecule has 0 N–H and O–H groups in total. The van der Waals surface area contributed by atoms with Gasteiger partial charge in [0.15, 0.2) is 0 Å². The van der Waals surface area contributed by atoms with E-state index < -0.39 is 8.07 Å². The second-order valence-electron chi connectivity index (χ2n) is 14.3. The highest BCUT2D eigenvalue weighted by molar-refractivity contribution is 7.19. The van der Waals surface area contributed by atoms with Crippen molar-refractivity contribution in [3.8, 4) is 23.2 Å². The van der Waals surface area contributed by atoms with E-state index in [1.165, 1.54) is 26.3 Å². The summed E-state index contributed by atoms with van der Waals surface area (Å²) in [4.78, 5) is 21.6. The highest BCUT2D eigenvalue weighted by Crippen LogP contribution is 2.35. The van der Waals surface area contributed by atoms with Gasteiger partial charge in [-0.05, 0) is 45.9 Å². The van der Waals surface area contributed by atoms with Crippen LogP contribution in [0.4, 0.5) is 0 Å². The number of para-hydroxylation sites is 4. The van der Waals surface area contributed by atoms with Gasteiger partial charge in [-0.1, -0.05) is 164 Å². The van der Waals surface area contributed by atoms with Crippen LogP contribution in [0.25, 0.3) is 66.8 Å². The number of fused-ring (bicyclic) bond motifs is 6. The van der Waals surface area contributed by atoms with Crippen molar-refractivity contribution in [1.29, 1.82) is 0 Å². The molecule has 7 aromatic carbocycles. The van der Waals surface area contributed by atoms with Crippen molar-refractivity contribution < 1.29 is 0 Å². The van der Waals surface area contributed by atoms with Gasteiger partial charge in [-0.25, -0.2) is 15.0 Å². The summed E-state index contributed by atoms with van der Waals surface area (Å²) in [6.45, 7) is 0. The molecule has 0 saturated carbocycles. The molecule has 0 radical (unpaired) electrons. The number of hydrogen-bond acceptors (Lipinski definition) is 4. The molecule has 0 aliphatic rings. The van der Waals surface area contributed by atoms with Crippen LogP contribution in [0.2, 0.25) is 0 Å². The largest absolute Gasteiger partial charge is 0.294 e. The lowest BCUT2D eigenvalue weighted by atomic mass is 10.2. The quantitative estimate of drug-likeness (QED) is 0.121. The van der Waals surface area contributed by atoms with Gasteiger partial charge in [-0.15, -0.1) is 0 Å². The molecule has 0 aliphatic carbocycles. The molecule has 6 nitrogen and oxygen atoms in total. The minimum atomic E-state index is -3.02. The highest BCUT2D eigenvalue weighted by atomic mass is 28.3. The Morgan fingerprint density at radius 3 is 1.21 bits per heavy atom. The summed E-state index contributed by atoms with van der Waals surface area (Å²) in [6.07, 6.45) is 1.90. The molecule has 0 bridgehead atoms. The average Bonchev–Trinajstić information content (AvgIpc) is 3.81. The van der Waals surface area contributed by atoms with Gasteiger partial charge >= 0.3 is 0 Å². The molecule has 0 spiro atoms. The predicted octanol–water partition coefficient (Wildman–Crippen LogP) is 8.51. The number of aromatic nitrogens is 6. The molecule has 11 rings (SSSR count). The van der Waals surface area contributed by atoms with Crippen LogP contribution in [0.3, 0.4) is 0 Å². The third kappa shape index (κ3) is 5.17. The van der Waals surface area contributed by atoms with Crippen molar-refractivity contribution >= 4 is 72.7 Å².